The monoisotopic (exact) mass is 160 g/mol. The van der Waals surface area contributed by atoms with Gasteiger partial charge in [-0.3, -0.25) is 0 Å². The largest absolute Gasteiger partial charge is 0.478 e. The molecule has 0 aromatic rings. The van der Waals surface area contributed by atoms with Gasteiger partial charge in [-0.25, -0.2) is 4.79 Å². The molecular weight excluding hydrogens is 148 g/mol. The van der Waals surface area contributed by atoms with Crippen molar-refractivity contribution >= 4 is 5.97 Å². The molecule has 0 spiro atoms. The molecule has 3 N–H and O–H groups in total. The van der Waals surface area contributed by atoms with E-state index in [-0.39, 0.29) is 18.6 Å². The maximum absolute atomic E-state index is 10.3. The van der Waals surface area contributed by atoms with Crippen molar-refractivity contribution in [1.82, 2.24) is 0 Å². The number of aliphatic carboxylic acids is 1. The van der Waals surface area contributed by atoms with Gasteiger partial charge < -0.3 is 15.3 Å². The van der Waals surface area contributed by atoms with E-state index in [1.54, 1.807) is 0 Å². The van der Waals surface area contributed by atoms with Crippen molar-refractivity contribution in [1.29, 1.82) is 0 Å². The summed E-state index contributed by atoms with van der Waals surface area (Å²) in [4.78, 5) is 10.3. The van der Waals surface area contributed by atoms with Crippen molar-refractivity contribution in [3.8, 4) is 0 Å². The van der Waals surface area contributed by atoms with E-state index in [9.17, 15) is 9.90 Å². The van der Waals surface area contributed by atoms with Gasteiger partial charge in [0.15, 0.2) is 0 Å². The van der Waals surface area contributed by atoms with Gasteiger partial charge in [0.2, 0.25) is 0 Å². The molecule has 1 atom stereocenters. The van der Waals surface area contributed by atoms with E-state index >= 15 is 0 Å². The number of carboxylic acids is 1. The van der Waals surface area contributed by atoms with Gasteiger partial charge in [-0.2, -0.15) is 0 Å². The highest BCUT2D eigenvalue weighted by molar-refractivity contribution is 5.87. The highest BCUT2D eigenvalue weighted by Gasteiger charge is 2.28. The third kappa shape index (κ3) is 2.69. The fraction of sp³-hybridized carbons (Fsp3) is 0.571. The molecule has 0 aliphatic carbocycles. The number of rotatable bonds is 4. The summed E-state index contributed by atoms with van der Waals surface area (Å²) < 4.78 is 0. The summed E-state index contributed by atoms with van der Waals surface area (Å²) in [6, 6.07) is 0. The van der Waals surface area contributed by atoms with Gasteiger partial charge in [0.05, 0.1) is 11.2 Å². The Hall–Kier alpha value is -0.870. The molecule has 0 aliphatic heterocycles. The minimum Gasteiger partial charge on any atom is -0.478 e. The molecule has 0 heterocycles. The van der Waals surface area contributed by atoms with Crippen LogP contribution in [0.3, 0.4) is 0 Å². The maximum atomic E-state index is 10.3. The number of carboxylic acid groups (broad SMARTS) is 1. The molecule has 0 saturated carbocycles. The van der Waals surface area contributed by atoms with E-state index in [4.69, 9.17) is 10.2 Å². The van der Waals surface area contributed by atoms with Crippen molar-refractivity contribution < 1.29 is 20.1 Å². The first kappa shape index (κ1) is 10.1. The highest BCUT2D eigenvalue weighted by Crippen LogP contribution is 2.18. The second-order valence-electron chi connectivity index (χ2n) is 2.53. The van der Waals surface area contributed by atoms with Crippen molar-refractivity contribution in [2.75, 3.05) is 6.61 Å². The summed E-state index contributed by atoms with van der Waals surface area (Å²) in [5, 5.41) is 26.2. The normalized spacial score (nSPS) is 15.5. The van der Waals surface area contributed by atoms with Crippen molar-refractivity contribution in [2.45, 2.75) is 18.9 Å². The van der Waals surface area contributed by atoms with Crippen LogP contribution in [0.5, 0.6) is 0 Å². The Labute approximate surface area is 64.8 Å². The molecule has 11 heavy (non-hydrogen) atoms. The topological polar surface area (TPSA) is 77.8 Å². The van der Waals surface area contributed by atoms with Crippen LogP contribution < -0.4 is 0 Å². The van der Waals surface area contributed by atoms with Gasteiger partial charge in [0.1, 0.15) is 0 Å². The summed E-state index contributed by atoms with van der Waals surface area (Å²) in [6.07, 6.45) is -0.0157. The van der Waals surface area contributed by atoms with Crippen LogP contribution in [0.4, 0.5) is 0 Å². The second kappa shape index (κ2) is 3.50. The molecule has 0 aromatic heterocycles. The Bertz CT molecular complexity index is 171. The smallest absolute Gasteiger partial charge is 0.333 e. The van der Waals surface area contributed by atoms with Gasteiger partial charge >= 0.3 is 5.97 Å². The molecule has 4 nitrogen and oxygen atoms in total. The number of hydrogen-bond donors (Lipinski definition) is 3. The third-order valence-corrected chi connectivity index (χ3v) is 1.51. The van der Waals surface area contributed by atoms with E-state index in [1.165, 1.54) is 6.92 Å². The average Bonchev–Trinajstić information content (AvgIpc) is 1.86. The molecule has 4 heteroatoms. The van der Waals surface area contributed by atoms with E-state index in [1.807, 2.05) is 0 Å². The molecule has 0 aromatic carbocycles. The molecule has 64 valence electrons. The molecule has 1 unspecified atom stereocenters. The van der Waals surface area contributed by atoms with E-state index in [2.05, 4.69) is 6.58 Å². The van der Waals surface area contributed by atoms with Crippen LogP contribution in [-0.2, 0) is 4.79 Å². The van der Waals surface area contributed by atoms with Crippen LogP contribution in [0, 0.1) is 0 Å². The van der Waals surface area contributed by atoms with Gasteiger partial charge in [-0.15, -0.1) is 0 Å². The molecule has 0 radical (unpaired) electrons. The minimum atomic E-state index is -1.51. The standard InChI is InChI=1S/C7H12O4/c1-5(6(9)10)7(2,11)3-4-8/h8,11H,1,3-4H2,2H3,(H,9,10). The number of hydrogen-bond acceptors (Lipinski definition) is 3. The summed E-state index contributed by atoms with van der Waals surface area (Å²) in [5.74, 6) is -1.25. The minimum absolute atomic E-state index is 0.0157. The Balaban J connectivity index is 4.29. The Morgan fingerprint density at radius 3 is 2.36 bits per heavy atom. The van der Waals surface area contributed by atoms with Crippen LogP contribution in [0.1, 0.15) is 13.3 Å². The molecule has 0 aliphatic rings. The molecule has 0 amide bonds. The predicted octanol–water partition coefficient (Wildman–Crippen LogP) is -0.239. The molecule has 0 rings (SSSR count). The molecule has 0 fully saturated rings. The van der Waals surface area contributed by atoms with Gasteiger partial charge in [-0.05, 0) is 6.92 Å². The lowest BCUT2D eigenvalue weighted by atomic mass is 9.94. The molecule has 0 saturated heterocycles. The van der Waals surface area contributed by atoms with Gasteiger partial charge in [0, 0.05) is 13.0 Å². The predicted molar refractivity (Wildman–Crippen MR) is 39.1 cm³/mol. The number of aliphatic hydroxyl groups is 2. The van der Waals surface area contributed by atoms with E-state index < -0.39 is 11.6 Å². The van der Waals surface area contributed by atoms with Gasteiger partial charge in [0.25, 0.3) is 0 Å². The van der Waals surface area contributed by atoms with Crippen molar-refractivity contribution in [3.63, 3.8) is 0 Å². The lowest BCUT2D eigenvalue weighted by Crippen LogP contribution is -2.31. The Morgan fingerprint density at radius 2 is 2.09 bits per heavy atom. The van der Waals surface area contributed by atoms with Gasteiger partial charge in [-0.1, -0.05) is 6.58 Å². The van der Waals surface area contributed by atoms with Crippen molar-refractivity contribution in [3.05, 3.63) is 12.2 Å². The second-order valence-corrected chi connectivity index (χ2v) is 2.53. The lowest BCUT2D eigenvalue weighted by molar-refractivity contribution is -0.135. The SMILES string of the molecule is C=C(C(=O)O)C(C)(O)CCO. The van der Waals surface area contributed by atoms with Crippen LogP contribution >= 0.6 is 0 Å². The maximum Gasteiger partial charge on any atom is 0.333 e. The third-order valence-electron chi connectivity index (χ3n) is 1.51. The first-order valence-electron chi connectivity index (χ1n) is 3.17. The van der Waals surface area contributed by atoms with Crippen LogP contribution in [-0.4, -0.2) is 33.5 Å². The molecule has 0 bridgehead atoms. The summed E-state index contributed by atoms with van der Waals surface area (Å²) in [5.41, 5.74) is -1.81. The quantitative estimate of drug-likeness (QED) is 0.496. The zero-order valence-electron chi connectivity index (χ0n) is 6.37. The lowest BCUT2D eigenvalue weighted by Gasteiger charge is -2.21. The fourth-order valence-corrected chi connectivity index (χ4v) is 0.599. The summed E-state index contributed by atoms with van der Waals surface area (Å²) in [7, 11) is 0. The Kier molecular flexibility index (Phi) is 3.22. The first-order chi connectivity index (χ1) is 4.91. The zero-order valence-corrected chi connectivity index (χ0v) is 6.37. The highest BCUT2D eigenvalue weighted by atomic mass is 16.4. The van der Waals surface area contributed by atoms with Crippen LogP contribution in [0.15, 0.2) is 12.2 Å². The first-order valence-corrected chi connectivity index (χ1v) is 3.17. The van der Waals surface area contributed by atoms with E-state index in [0.29, 0.717) is 0 Å². The van der Waals surface area contributed by atoms with E-state index in [0.717, 1.165) is 0 Å². The van der Waals surface area contributed by atoms with Crippen molar-refractivity contribution in [2.24, 2.45) is 0 Å². The summed E-state index contributed by atoms with van der Waals surface area (Å²) in [6.45, 7) is 4.22. The Morgan fingerprint density at radius 1 is 1.64 bits per heavy atom. The summed E-state index contributed by atoms with van der Waals surface area (Å²) >= 11 is 0. The molecular formula is C7H12O4. The fourth-order valence-electron chi connectivity index (χ4n) is 0.599. The zero-order chi connectivity index (χ0) is 9.07. The van der Waals surface area contributed by atoms with Crippen LogP contribution in [0.25, 0.3) is 0 Å². The van der Waals surface area contributed by atoms with Crippen LogP contribution in [0.2, 0.25) is 0 Å². The number of aliphatic hydroxyl groups excluding tert-OH is 1. The number of carbonyl (C=O) groups is 1. The average molecular weight is 160 g/mol.